The van der Waals surface area contributed by atoms with E-state index in [1.807, 2.05) is 42.5 Å². The van der Waals surface area contributed by atoms with Crippen LogP contribution in [0.4, 0.5) is 4.39 Å². The molecule has 5 heteroatoms. The Labute approximate surface area is 136 Å². The van der Waals surface area contributed by atoms with Gasteiger partial charge in [-0.3, -0.25) is 0 Å². The minimum absolute atomic E-state index is 0.267. The van der Waals surface area contributed by atoms with Crippen LogP contribution in [0.15, 0.2) is 71.1 Å². The Balaban J connectivity index is 1.65. The molecule has 112 valence electrons. The second kappa shape index (κ2) is 5.78. The van der Waals surface area contributed by atoms with E-state index in [4.69, 9.17) is 4.42 Å². The molecule has 0 bridgehead atoms. The third-order valence-corrected chi connectivity index (χ3v) is 4.38. The van der Waals surface area contributed by atoms with E-state index in [1.54, 1.807) is 12.1 Å². The fraction of sp³-hybridized carbons (Fsp3) is 0. The third kappa shape index (κ3) is 2.78. The van der Waals surface area contributed by atoms with E-state index in [1.165, 1.54) is 23.5 Å². The van der Waals surface area contributed by atoms with E-state index in [2.05, 4.69) is 10.2 Å². The summed E-state index contributed by atoms with van der Waals surface area (Å²) in [6, 6.07) is 19.8. The Hall–Kier alpha value is -2.79. The van der Waals surface area contributed by atoms with Gasteiger partial charge in [0.2, 0.25) is 0 Å². The third-order valence-electron chi connectivity index (χ3n) is 3.39. The van der Waals surface area contributed by atoms with Crippen LogP contribution in [0.1, 0.15) is 0 Å². The molecule has 0 aliphatic rings. The molecule has 2 heterocycles. The van der Waals surface area contributed by atoms with Gasteiger partial charge in [-0.1, -0.05) is 41.7 Å². The quantitative estimate of drug-likeness (QED) is 0.515. The second-order valence-corrected chi connectivity index (χ2v) is 5.93. The van der Waals surface area contributed by atoms with E-state index in [0.717, 1.165) is 21.1 Å². The fourth-order valence-corrected chi connectivity index (χ4v) is 3.05. The highest BCUT2D eigenvalue weighted by molar-refractivity contribution is 7.17. The van der Waals surface area contributed by atoms with E-state index < -0.39 is 0 Å². The van der Waals surface area contributed by atoms with Crippen LogP contribution in [-0.4, -0.2) is 10.2 Å². The molecule has 0 amide bonds. The Morgan fingerprint density at radius 2 is 1.39 bits per heavy atom. The molecule has 2 aromatic carbocycles. The van der Waals surface area contributed by atoms with Crippen molar-refractivity contribution < 1.29 is 8.81 Å². The van der Waals surface area contributed by atoms with Gasteiger partial charge < -0.3 is 4.42 Å². The van der Waals surface area contributed by atoms with Crippen LogP contribution in [0.3, 0.4) is 0 Å². The predicted octanol–water partition coefficient (Wildman–Crippen LogP) is 5.27. The molecule has 0 radical (unpaired) electrons. The van der Waals surface area contributed by atoms with Gasteiger partial charge in [-0.15, -0.1) is 10.2 Å². The SMILES string of the molecule is Fc1ccc(-c2ccc(-c3nnc(-c4ccccc4)s3)o2)cc1. The first kappa shape index (κ1) is 13.8. The van der Waals surface area contributed by atoms with Crippen LogP contribution in [0.25, 0.3) is 32.7 Å². The maximum absolute atomic E-state index is 13.0. The topological polar surface area (TPSA) is 38.9 Å². The first-order valence-electron chi connectivity index (χ1n) is 7.05. The number of aromatic nitrogens is 2. The minimum Gasteiger partial charge on any atom is -0.454 e. The molecule has 0 spiro atoms. The lowest BCUT2D eigenvalue weighted by Gasteiger charge is -1.96. The average molecular weight is 322 g/mol. The highest BCUT2D eigenvalue weighted by Gasteiger charge is 2.13. The first-order valence-corrected chi connectivity index (χ1v) is 7.86. The average Bonchev–Trinajstić information content (AvgIpc) is 3.26. The molecule has 23 heavy (non-hydrogen) atoms. The highest BCUT2D eigenvalue weighted by atomic mass is 32.1. The summed E-state index contributed by atoms with van der Waals surface area (Å²) in [7, 11) is 0. The van der Waals surface area contributed by atoms with Crippen LogP contribution < -0.4 is 0 Å². The second-order valence-electron chi connectivity index (χ2n) is 4.95. The molecule has 0 N–H and O–H groups in total. The van der Waals surface area contributed by atoms with Crippen molar-refractivity contribution in [1.82, 2.24) is 10.2 Å². The number of rotatable bonds is 3. The summed E-state index contributed by atoms with van der Waals surface area (Å²) in [4.78, 5) is 0. The lowest BCUT2D eigenvalue weighted by molar-refractivity contribution is 0.595. The van der Waals surface area contributed by atoms with Gasteiger partial charge in [-0.2, -0.15) is 0 Å². The van der Waals surface area contributed by atoms with E-state index in [0.29, 0.717) is 11.5 Å². The zero-order valence-corrected chi connectivity index (χ0v) is 12.8. The number of nitrogens with zero attached hydrogens (tertiary/aromatic N) is 2. The maximum Gasteiger partial charge on any atom is 0.183 e. The van der Waals surface area contributed by atoms with E-state index >= 15 is 0 Å². The zero-order valence-electron chi connectivity index (χ0n) is 11.9. The summed E-state index contributed by atoms with van der Waals surface area (Å²) >= 11 is 1.47. The van der Waals surface area contributed by atoms with Gasteiger partial charge >= 0.3 is 0 Å². The standard InChI is InChI=1S/C18H11FN2OS/c19-14-8-6-12(7-9-14)15-10-11-16(22-15)18-21-20-17(23-18)13-4-2-1-3-5-13/h1-11H. The molecule has 4 rings (SSSR count). The largest absolute Gasteiger partial charge is 0.454 e. The normalized spacial score (nSPS) is 10.8. The number of furan rings is 1. The Morgan fingerprint density at radius 3 is 2.17 bits per heavy atom. The van der Waals surface area contributed by atoms with Crippen molar-refractivity contribution in [3.63, 3.8) is 0 Å². The van der Waals surface area contributed by atoms with Gasteiger partial charge in [-0.25, -0.2) is 4.39 Å². The van der Waals surface area contributed by atoms with Crippen molar-refractivity contribution in [2.24, 2.45) is 0 Å². The van der Waals surface area contributed by atoms with Gasteiger partial charge in [0.15, 0.2) is 10.8 Å². The Bertz CT molecular complexity index is 929. The van der Waals surface area contributed by atoms with E-state index in [9.17, 15) is 4.39 Å². The molecule has 4 aromatic rings. The Morgan fingerprint density at radius 1 is 0.696 bits per heavy atom. The summed E-state index contributed by atoms with van der Waals surface area (Å²) in [6.07, 6.45) is 0. The zero-order chi connectivity index (χ0) is 15.6. The molecule has 0 aliphatic carbocycles. The molecule has 0 fully saturated rings. The molecule has 3 nitrogen and oxygen atoms in total. The van der Waals surface area contributed by atoms with Gasteiger partial charge in [0.05, 0.1) is 0 Å². The molecule has 0 saturated heterocycles. The first-order chi connectivity index (χ1) is 11.3. The van der Waals surface area contributed by atoms with Gasteiger partial charge in [0.25, 0.3) is 0 Å². The molecule has 0 saturated carbocycles. The monoisotopic (exact) mass is 322 g/mol. The smallest absolute Gasteiger partial charge is 0.183 e. The van der Waals surface area contributed by atoms with Crippen molar-refractivity contribution in [1.29, 1.82) is 0 Å². The van der Waals surface area contributed by atoms with Crippen LogP contribution in [0, 0.1) is 5.82 Å². The number of hydrogen-bond donors (Lipinski definition) is 0. The minimum atomic E-state index is -0.267. The molecule has 0 atom stereocenters. The summed E-state index contributed by atoms with van der Waals surface area (Å²) < 4.78 is 18.8. The van der Waals surface area contributed by atoms with Crippen molar-refractivity contribution in [2.45, 2.75) is 0 Å². The van der Waals surface area contributed by atoms with Crippen LogP contribution in [-0.2, 0) is 0 Å². The van der Waals surface area contributed by atoms with Gasteiger partial charge in [0.1, 0.15) is 16.6 Å². The van der Waals surface area contributed by atoms with Crippen LogP contribution in [0.2, 0.25) is 0 Å². The molecular weight excluding hydrogens is 311 g/mol. The fourth-order valence-electron chi connectivity index (χ4n) is 2.24. The number of halogens is 1. The number of benzene rings is 2. The van der Waals surface area contributed by atoms with Gasteiger partial charge in [-0.05, 0) is 36.4 Å². The lowest BCUT2D eigenvalue weighted by atomic mass is 10.2. The van der Waals surface area contributed by atoms with Crippen molar-refractivity contribution >= 4 is 11.3 Å². The highest BCUT2D eigenvalue weighted by Crippen LogP contribution is 2.33. The maximum atomic E-state index is 13.0. The predicted molar refractivity (Wildman–Crippen MR) is 88.4 cm³/mol. The summed E-state index contributed by atoms with van der Waals surface area (Å²) in [6.45, 7) is 0. The van der Waals surface area contributed by atoms with Crippen molar-refractivity contribution in [3.8, 4) is 32.7 Å². The number of hydrogen-bond acceptors (Lipinski definition) is 4. The molecule has 2 aromatic heterocycles. The summed E-state index contributed by atoms with van der Waals surface area (Å²) in [5.74, 6) is 1.07. The molecular formula is C18H11FN2OS. The Kier molecular flexibility index (Phi) is 3.48. The lowest BCUT2D eigenvalue weighted by Crippen LogP contribution is -1.76. The van der Waals surface area contributed by atoms with E-state index in [-0.39, 0.29) is 5.82 Å². The molecule has 0 aliphatic heterocycles. The van der Waals surface area contributed by atoms with Gasteiger partial charge in [0, 0.05) is 11.1 Å². The summed E-state index contributed by atoms with van der Waals surface area (Å²) in [5.41, 5.74) is 1.85. The van der Waals surface area contributed by atoms with Crippen molar-refractivity contribution in [3.05, 3.63) is 72.5 Å². The molecule has 0 unspecified atom stereocenters. The summed E-state index contributed by atoms with van der Waals surface area (Å²) in [5, 5.41) is 9.98. The van der Waals surface area contributed by atoms with Crippen molar-refractivity contribution in [2.75, 3.05) is 0 Å². The van der Waals surface area contributed by atoms with Crippen LogP contribution in [0.5, 0.6) is 0 Å². The van der Waals surface area contributed by atoms with Crippen LogP contribution >= 0.6 is 11.3 Å².